The van der Waals surface area contributed by atoms with E-state index in [-0.39, 0.29) is 17.4 Å². The maximum atomic E-state index is 12.9. The van der Waals surface area contributed by atoms with Crippen LogP contribution >= 0.6 is 0 Å². The van der Waals surface area contributed by atoms with Crippen LogP contribution in [0.25, 0.3) is 0 Å². The molecule has 5 nitrogen and oxygen atoms in total. The molecule has 0 fully saturated rings. The number of rotatable bonds is 5. The van der Waals surface area contributed by atoms with Gasteiger partial charge in [0, 0.05) is 30.2 Å². The van der Waals surface area contributed by atoms with Crippen LogP contribution in [0.3, 0.4) is 0 Å². The van der Waals surface area contributed by atoms with E-state index in [1.54, 1.807) is 23.1 Å². The first-order valence-electron chi connectivity index (χ1n) is 8.23. The average Bonchev–Trinajstić information content (AvgIpc) is 2.66. The Labute approximate surface area is 152 Å². The molecule has 2 aromatic rings. The van der Waals surface area contributed by atoms with Gasteiger partial charge in [-0.05, 0) is 36.6 Å². The van der Waals surface area contributed by atoms with Crippen molar-refractivity contribution < 1.29 is 27.1 Å². The summed E-state index contributed by atoms with van der Waals surface area (Å²) < 4.78 is 54.6. The Hall–Kier alpha value is -2.84. The number of anilines is 2. The second kappa shape index (κ2) is 7.42. The van der Waals surface area contributed by atoms with Crippen molar-refractivity contribution in [3.63, 3.8) is 0 Å². The number of carbonyl (C=O) groups is 1. The highest BCUT2D eigenvalue weighted by atomic mass is 19.3. The zero-order valence-electron chi connectivity index (χ0n) is 14.2. The number of pyridine rings is 1. The molecule has 1 amide bonds. The van der Waals surface area contributed by atoms with E-state index in [0.29, 0.717) is 12.2 Å². The van der Waals surface area contributed by atoms with Crippen molar-refractivity contribution in [3.05, 3.63) is 47.7 Å². The number of ether oxygens (including phenoxy) is 1. The molecule has 0 atom stereocenters. The molecule has 0 bridgehead atoms. The number of nitrogens with two attached hydrogens (primary N) is 1. The van der Waals surface area contributed by atoms with Crippen LogP contribution in [0.4, 0.5) is 28.9 Å². The van der Waals surface area contributed by atoms with E-state index in [2.05, 4.69) is 9.72 Å². The molecule has 144 valence electrons. The van der Waals surface area contributed by atoms with Gasteiger partial charge in [0.2, 0.25) is 5.88 Å². The first kappa shape index (κ1) is 18.9. The van der Waals surface area contributed by atoms with Gasteiger partial charge in [-0.25, -0.2) is 13.8 Å². The number of hydrogen-bond acceptors (Lipinski definition) is 4. The van der Waals surface area contributed by atoms with Crippen molar-refractivity contribution in [1.82, 2.24) is 4.98 Å². The van der Waals surface area contributed by atoms with Crippen molar-refractivity contribution in [2.24, 2.45) is 0 Å². The molecule has 9 heteroatoms. The summed E-state index contributed by atoms with van der Waals surface area (Å²) in [5, 5.41) is 0. The zero-order valence-corrected chi connectivity index (χ0v) is 14.2. The molecule has 0 saturated heterocycles. The third kappa shape index (κ3) is 3.96. The van der Waals surface area contributed by atoms with Crippen LogP contribution in [0.5, 0.6) is 5.88 Å². The van der Waals surface area contributed by atoms with Crippen molar-refractivity contribution in [3.8, 4) is 5.88 Å². The number of halogens is 4. The van der Waals surface area contributed by atoms with Gasteiger partial charge in [-0.1, -0.05) is 6.07 Å². The molecule has 1 aliphatic heterocycles. The van der Waals surface area contributed by atoms with Crippen LogP contribution in [0.15, 0.2) is 36.5 Å². The summed E-state index contributed by atoms with van der Waals surface area (Å²) in [4.78, 5) is 18.1. The maximum absolute atomic E-state index is 12.9. The van der Waals surface area contributed by atoms with E-state index in [1.165, 1.54) is 18.3 Å². The summed E-state index contributed by atoms with van der Waals surface area (Å²) >= 11 is 0. The smallest absolute Gasteiger partial charge is 0.340 e. The Kier molecular flexibility index (Phi) is 5.20. The van der Waals surface area contributed by atoms with Gasteiger partial charge in [0.05, 0.1) is 5.56 Å². The molecule has 1 aliphatic rings. The summed E-state index contributed by atoms with van der Waals surface area (Å²) in [6.07, 6.45) is -1.14. The number of nitrogen functional groups attached to an aromatic ring is 1. The van der Waals surface area contributed by atoms with E-state index in [9.17, 15) is 22.4 Å². The Bertz CT molecular complexity index is 828. The van der Waals surface area contributed by atoms with E-state index in [0.717, 1.165) is 24.1 Å². The summed E-state index contributed by atoms with van der Waals surface area (Å²) in [6.45, 7) is -0.988. The monoisotopic (exact) mass is 383 g/mol. The SMILES string of the molecule is Nc1cccc2c1CCCN2C(=O)c1ccc(OCC(F)(F)C(F)F)nc1. The molecular formula is C18H17F4N3O2. The third-order valence-corrected chi connectivity index (χ3v) is 4.25. The highest BCUT2D eigenvalue weighted by Gasteiger charge is 2.41. The van der Waals surface area contributed by atoms with E-state index in [4.69, 9.17) is 5.73 Å². The van der Waals surface area contributed by atoms with Gasteiger partial charge in [-0.3, -0.25) is 4.79 Å². The Morgan fingerprint density at radius 2 is 2.07 bits per heavy atom. The molecule has 0 spiro atoms. The minimum Gasteiger partial charge on any atom is -0.471 e. The van der Waals surface area contributed by atoms with E-state index >= 15 is 0 Å². The highest BCUT2D eigenvalue weighted by Crippen LogP contribution is 2.32. The van der Waals surface area contributed by atoms with Crippen LogP contribution in [0, 0.1) is 0 Å². The van der Waals surface area contributed by atoms with Crippen molar-refractivity contribution in [1.29, 1.82) is 0 Å². The fraction of sp³-hybridized carbons (Fsp3) is 0.333. The maximum Gasteiger partial charge on any atom is 0.340 e. The predicted molar refractivity (Wildman–Crippen MR) is 91.5 cm³/mol. The molecule has 27 heavy (non-hydrogen) atoms. The lowest BCUT2D eigenvalue weighted by Crippen LogP contribution is -2.36. The summed E-state index contributed by atoms with van der Waals surface area (Å²) in [6, 6.07) is 7.89. The first-order valence-corrected chi connectivity index (χ1v) is 8.23. The topological polar surface area (TPSA) is 68.5 Å². The normalized spacial score (nSPS) is 14.2. The quantitative estimate of drug-likeness (QED) is 0.634. The molecule has 3 rings (SSSR count). The fourth-order valence-electron chi connectivity index (χ4n) is 2.84. The number of carbonyl (C=O) groups excluding carboxylic acids is 1. The van der Waals surface area contributed by atoms with Gasteiger partial charge in [-0.2, -0.15) is 8.78 Å². The molecule has 0 radical (unpaired) electrons. The summed E-state index contributed by atoms with van der Waals surface area (Å²) in [5.74, 6) is -4.86. The average molecular weight is 383 g/mol. The minimum atomic E-state index is -4.27. The lowest BCUT2D eigenvalue weighted by molar-refractivity contribution is -0.148. The van der Waals surface area contributed by atoms with Crippen LogP contribution in [0.2, 0.25) is 0 Å². The van der Waals surface area contributed by atoms with Crippen molar-refractivity contribution in [2.75, 3.05) is 23.8 Å². The molecule has 0 saturated carbocycles. The van der Waals surface area contributed by atoms with E-state index < -0.39 is 19.0 Å². The highest BCUT2D eigenvalue weighted by molar-refractivity contribution is 6.07. The van der Waals surface area contributed by atoms with E-state index in [1.807, 2.05) is 0 Å². The van der Waals surface area contributed by atoms with Gasteiger partial charge < -0.3 is 15.4 Å². The third-order valence-electron chi connectivity index (χ3n) is 4.25. The lowest BCUT2D eigenvalue weighted by atomic mass is 9.99. The molecule has 2 N–H and O–H groups in total. The number of nitrogens with zero attached hydrogens (tertiary/aromatic N) is 2. The predicted octanol–water partition coefficient (Wildman–Crippen LogP) is 3.54. The number of hydrogen-bond donors (Lipinski definition) is 1. The Morgan fingerprint density at radius 1 is 1.30 bits per heavy atom. The second-order valence-electron chi connectivity index (χ2n) is 6.14. The molecule has 1 aromatic heterocycles. The van der Waals surface area contributed by atoms with Crippen LogP contribution in [-0.2, 0) is 6.42 Å². The van der Waals surface area contributed by atoms with Crippen LogP contribution in [0.1, 0.15) is 22.3 Å². The molecule has 2 heterocycles. The van der Waals surface area contributed by atoms with Crippen LogP contribution < -0.4 is 15.4 Å². The number of alkyl halides is 4. The van der Waals surface area contributed by atoms with Gasteiger partial charge in [0.1, 0.15) is 0 Å². The summed E-state index contributed by atoms with van der Waals surface area (Å²) in [7, 11) is 0. The number of amides is 1. The minimum absolute atomic E-state index is 0.221. The second-order valence-corrected chi connectivity index (χ2v) is 6.14. The van der Waals surface area contributed by atoms with Crippen LogP contribution in [-0.4, -0.2) is 36.4 Å². The Balaban J connectivity index is 1.73. The number of benzene rings is 1. The van der Waals surface area contributed by atoms with Gasteiger partial charge >= 0.3 is 12.3 Å². The van der Waals surface area contributed by atoms with Crippen molar-refractivity contribution in [2.45, 2.75) is 25.2 Å². The molecule has 0 unspecified atom stereocenters. The molecule has 1 aromatic carbocycles. The number of fused-ring (bicyclic) bond motifs is 1. The lowest BCUT2D eigenvalue weighted by Gasteiger charge is -2.30. The molecule has 0 aliphatic carbocycles. The van der Waals surface area contributed by atoms with Gasteiger partial charge in [0.25, 0.3) is 5.91 Å². The fourth-order valence-corrected chi connectivity index (χ4v) is 2.84. The number of aromatic nitrogens is 1. The summed E-state index contributed by atoms with van der Waals surface area (Å²) in [5.41, 5.74) is 8.44. The largest absolute Gasteiger partial charge is 0.471 e. The first-order chi connectivity index (χ1) is 12.8. The van der Waals surface area contributed by atoms with Gasteiger partial charge in [0.15, 0.2) is 6.61 Å². The Morgan fingerprint density at radius 3 is 2.74 bits per heavy atom. The van der Waals surface area contributed by atoms with Crippen molar-refractivity contribution >= 4 is 17.3 Å². The molecular weight excluding hydrogens is 366 g/mol. The zero-order chi connectivity index (χ0) is 19.6. The van der Waals surface area contributed by atoms with Gasteiger partial charge in [-0.15, -0.1) is 0 Å². The standard InChI is InChI=1S/C18H17F4N3O2/c19-17(20)18(21,22)10-27-15-7-6-11(9-24-15)16(26)25-8-2-3-12-13(23)4-1-5-14(12)25/h1,4-7,9,17H,2-3,8,10,23H2.